The molecule has 0 aromatic heterocycles. The van der Waals surface area contributed by atoms with Crippen LogP contribution in [-0.2, 0) is 23.7 Å². The van der Waals surface area contributed by atoms with Gasteiger partial charge in [0.05, 0.1) is 48.8 Å². The van der Waals surface area contributed by atoms with Gasteiger partial charge in [-0.3, -0.25) is 0 Å². The van der Waals surface area contributed by atoms with Crippen molar-refractivity contribution in [1.29, 1.82) is 0 Å². The van der Waals surface area contributed by atoms with Gasteiger partial charge in [-0.1, -0.05) is 0 Å². The predicted molar refractivity (Wildman–Crippen MR) is 106 cm³/mol. The molecule has 0 aromatic rings. The first-order chi connectivity index (χ1) is 14.0. The molecule has 0 bridgehead atoms. The molecule has 0 radical (unpaired) electrons. The lowest BCUT2D eigenvalue weighted by molar-refractivity contribution is -0.235. The fraction of sp³-hybridized carbons (Fsp3) is 1.00. The normalized spacial score (nSPS) is 50.9. The lowest BCUT2D eigenvalue weighted by Crippen LogP contribution is -2.56. The molecule has 0 amide bonds. The van der Waals surface area contributed by atoms with Gasteiger partial charge >= 0.3 is 0 Å². The van der Waals surface area contributed by atoms with Crippen molar-refractivity contribution in [2.75, 3.05) is 6.61 Å². The van der Waals surface area contributed by atoms with Crippen LogP contribution in [-0.4, -0.2) is 100.0 Å². The third-order valence-corrected chi connectivity index (χ3v) is 6.36. The van der Waals surface area contributed by atoms with Crippen molar-refractivity contribution >= 4 is 0 Å². The van der Waals surface area contributed by atoms with Crippen LogP contribution in [0.4, 0.5) is 0 Å². The molecule has 0 saturated carbocycles. The van der Waals surface area contributed by atoms with E-state index in [2.05, 4.69) is 0 Å². The zero-order chi connectivity index (χ0) is 22.2. The molecule has 11 atom stereocenters. The quantitative estimate of drug-likeness (QED) is 0.454. The summed E-state index contributed by atoms with van der Waals surface area (Å²) in [4.78, 5) is 0. The summed E-state index contributed by atoms with van der Waals surface area (Å²) in [5, 5.41) is 38.7. The van der Waals surface area contributed by atoms with E-state index in [1.807, 2.05) is 20.8 Å². The number of fused-ring (bicyclic) bond motifs is 1. The second kappa shape index (κ2) is 9.64. The third-order valence-electron chi connectivity index (χ3n) is 6.36. The maximum absolute atomic E-state index is 9.74. The Morgan fingerprint density at radius 1 is 0.700 bits per heavy atom. The molecular weight excluding hydrogens is 396 g/mol. The van der Waals surface area contributed by atoms with Crippen LogP contribution in [0, 0.1) is 0 Å². The van der Waals surface area contributed by atoms with Gasteiger partial charge in [-0.25, -0.2) is 0 Å². The van der Waals surface area contributed by atoms with Crippen molar-refractivity contribution in [2.45, 2.75) is 127 Å². The average molecular weight is 435 g/mol. The highest BCUT2D eigenvalue weighted by Crippen LogP contribution is 2.35. The monoisotopic (exact) mass is 434 g/mol. The van der Waals surface area contributed by atoms with Crippen LogP contribution in [0.1, 0.15) is 53.9 Å². The van der Waals surface area contributed by atoms with Crippen LogP contribution in [0.25, 0.3) is 0 Å². The van der Waals surface area contributed by atoms with Gasteiger partial charge in [-0.15, -0.1) is 0 Å². The maximum Gasteiger partial charge on any atom is 0.163 e. The van der Waals surface area contributed by atoms with E-state index in [4.69, 9.17) is 23.7 Å². The Balaban J connectivity index is 0.000000184. The van der Waals surface area contributed by atoms with E-state index in [1.54, 1.807) is 13.8 Å². The van der Waals surface area contributed by atoms with Gasteiger partial charge in [0.2, 0.25) is 0 Å². The molecule has 0 spiro atoms. The van der Waals surface area contributed by atoms with Crippen LogP contribution < -0.4 is 0 Å². The zero-order valence-electron chi connectivity index (χ0n) is 18.5. The van der Waals surface area contributed by atoms with Crippen LogP contribution in [0.15, 0.2) is 0 Å². The molecule has 4 fully saturated rings. The van der Waals surface area contributed by atoms with Gasteiger partial charge < -0.3 is 44.1 Å². The summed E-state index contributed by atoms with van der Waals surface area (Å²) >= 11 is 0. The van der Waals surface area contributed by atoms with Crippen molar-refractivity contribution in [3.63, 3.8) is 0 Å². The standard InChI is InChI=1S/C12H22O6.C9H16O3/c1-5-11(15)7(13)3-9(17-5)10-4-8(14)12(16)6(2)18-10;1-6-8-7(4-5-10-6)11-9(2,3)12-8/h5-16H,3-4H2,1-2H3;6-8H,4-5H2,1-3H3/t5?,6?,7-,8-,9+,10+,11?,12?;6?,7-,8?/m11/s1. The second-order valence-electron chi connectivity index (χ2n) is 9.35. The Hall–Kier alpha value is -0.360. The van der Waals surface area contributed by atoms with Gasteiger partial charge in [-0.2, -0.15) is 0 Å². The Bertz CT molecular complexity index is 507. The summed E-state index contributed by atoms with van der Waals surface area (Å²) in [6.07, 6.45) is -3.12. The van der Waals surface area contributed by atoms with E-state index in [0.29, 0.717) is 0 Å². The van der Waals surface area contributed by atoms with Gasteiger partial charge in [-0.05, 0) is 41.0 Å². The first-order valence-electron chi connectivity index (χ1n) is 11.0. The molecule has 176 valence electrons. The Morgan fingerprint density at radius 2 is 1.20 bits per heavy atom. The van der Waals surface area contributed by atoms with Gasteiger partial charge in [0.25, 0.3) is 0 Å². The van der Waals surface area contributed by atoms with E-state index in [1.165, 1.54) is 0 Å². The van der Waals surface area contributed by atoms with Crippen molar-refractivity contribution in [3.8, 4) is 0 Å². The molecule has 4 heterocycles. The molecule has 4 aliphatic heterocycles. The highest BCUT2D eigenvalue weighted by molar-refractivity contribution is 4.92. The fourth-order valence-electron chi connectivity index (χ4n) is 4.63. The van der Waals surface area contributed by atoms with Crippen molar-refractivity contribution in [2.24, 2.45) is 0 Å². The summed E-state index contributed by atoms with van der Waals surface area (Å²) in [6.45, 7) is 10.1. The number of hydrogen-bond donors (Lipinski definition) is 4. The Labute approximate surface area is 178 Å². The average Bonchev–Trinajstić information content (AvgIpc) is 2.99. The Morgan fingerprint density at radius 3 is 1.63 bits per heavy atom. The molecule has 4 N–H and O–H groups in total. The fourth-order valence-corrected chi connectivity index (χ4v) is 4.63. The molecule has 4 aliphatic rings. The molecule has 6 unspecified atom stereocenters. The molecule has 0 aromatic carbocycles. The third kappa shape index (κ3) is 5.51. The first-order valence-corrected chi connectivity index (χ1v) is 11.0. The largest absolute Gasteiger partial charge is 0.390 e. The van der Waals surface area contributed by atoms with E-state index in [9.17, 15) is 20.4 Å². The molecule has 4 rings (SSSR count). The smallest absolute Gasteiger partial charge is 0.163 e. The topological polar surface area (TPSA) is 127 Å². The summed E-state index contributed by atoms with van der Waals surface area (Å²) in [6, 6.07) is 0. The lowest BCUT2D eigenvalue weighted by atomic mass is 9.90. The predicted octanol–water partition coefficient (Wildman–Crippen LogP) is 0.100. The van der Waals surface area contributed by atoms with E-state index >= 15 is 0 Å². The SMILES string of the molecule is CC1OCC[C@H]2OC(C)(C)OC12.CC1O[C@H]([C@@H]2C[C@@H](O)C(O)C(C)O2)C[C@@H](O)C1O. The van der Waals surface area contributed by atoms with Crippen molar-refractivity contribution in [1.82, 2.24) is 0 Å². The molecule has 9 heteroatoms. The lowest BCUT2D eigenvalue weighted by Gasteiger charge is -2.43. The minimum atomic E-state index is -0.891. The minimum Gasteiger partial charge on any atom is -0.390 e. The number of rotatable bonds is 1. The van der Waals surface area contributed by atoms with Gasteiger partial charge in [0, 0.05) is 19.4 Å². The molecule has 9 nitrogen and oxygen atoms in total. The van der Waals surface area contributed by atoms with Crippen LogP contribution in [0.3, 0.4) is 0 Å². The number of aliphatic hydroxyl groups is 4. The van der Waals surface area contributed by atoms with Crippen molar-refractivity contribution in [3.05, 3.63) is 0 Å². The highest BCUT2D eigenvalue weighted by Gasteiger charge is 2.46. The van der Waals surface area contributed by atoms with E-state index in [0.717, 1.165) is 13.0 Å². The zero-order valence-corrected chi connectivity index (χ0v) is 18.5. The number of aliphatic hydroxyl groups excluding tert-OH is 4. The van der Waals surface area contributed by atoms with Crippen LogP contribution >= 0.6 is 0 Å². The second-order valence-corrected chi connectivity index (χ2v) is 9.35. The Kier molecular flexibility index (Phi) is 7.80. The van der Waals surface area contributed by atoms with Crippen LogP contribution in [0.2, 0.25) is 0 Å². The number of hydrogen-bond acceptors (Lipinski definition) is 9. The number of ether oxygens (including phenoxy) is 5. The molecule has 4 saturated heterocycles. The summed E-state index contributed by atoms with van der Waals surface area (Å²) in [5.74, 6) is -0.419. The highest BCUT2D eigenvalue weighted by atomic mass is 16.8. The van der Waals surface area contributed by atoms with Gasteiger partial charge in [0.1, 0.15) is 18.3 Å². The van der Waals surface area contributed by atoms with Crippen LogP contribution in [0.5, 0.6) is 0 Å². The van der Waals surface area contributed by atoms with E-state index < -0.39 is 42.4 Å². The summed E-state index contributed by atoms with van der Waals surface area (Å²) < 4.78 is 28.1. The summed E-state index contributed by atoms with van der Waals surface area (Å²) in [5.41, 5.74) is 0. The van der Waals surface area contributed by atoms with Gasteiger partial charge in [0.15, 0.2) is 5.79 Å². The summed E-state index contributed by atoms with van der Waals surface area (Å²) in [7, 11) is 0. The molecular formula is C21H38O9. The minimum absolute atomic E-state index is 0.133. The first kappa shape index (κ1) is 24.3. The van der Waals surface area contributed by atoms with E-state index in [-0.39, 0.29) is 43.4 Å². The molecule has 0 aliphatic carbocycles. The van der Waals surface area contributed by atoms with Crippen molar-refractivity contribution < 1.29 is 44.1 Å². The maximum atomic E-state index is 9.74. The molecule has 30 heavy (non-hydrogen) atoms.